The van der Waals surface area contributed by atoms with E-state index < -0.39 is 0 Å². The summed E-state index contributed by atoms with van der Waals surface area (Å²) in [6, 6.07) is 14.5. The van der Waals surface area contributed by atoms with Crippen LogP contribution in [0.5, 0.6) is 0 Å². The Labute approximate surface area is 111 Å². The van der Waals surface area contributed by atoms with E-state index in [4.69, 9.17) is 5.84 Å². The quantitative estimate of drug-likeness (QED) is 0.554. The molecule has 2 aromatic carbocycles. The second kappa shape index (κ2) is 4.84. The standard InChI is InChI=1S/C15H16N4/c1-19-9-8-17-15(19)14(18-16)13-7-6-11-4-2-3-5-12(11)10-13/h2-10,14,18H,16H2,1H3. The van der Waals surface area contributed by atoms with Crippen LogP contribution in [0, 0.1) is 0 Å². The average molecular weight is 252 g/mol. The molecule has 3 aromatic rings. The van der Waals surface area contributed by atoms with Gasteiger partial charge < -0.3 is 4.57 Å². The van der Waals surface area contributed by atoms with E-state index in [1.165, 1.54) is 10.8 Å². The molecule has 3 N–H and O–H groups in total. The summed E-state index contributed by atoms with van der Waals surface area (Å²) in [5.41, 5.74) is 3.95. The third kappa shape index (κ3) is 2.12. The lowest BCUT2D eigenvalue weighted by Gasteiger charge is -2.16. The summed E-state index contributed by atoms with van der Waals surface area (Å²) in [4.78, 5) is 4.36. The summed E-state index contributed by atoms with van der Waals surface area (Å²) in [7, 11) is 1.97. The van der Waals surface area contributed by atoms with E-state index >= 15 is 0 Å². The fourth-order valence-corrected chi connectivity index (χ4v) is 2.36. The first-order valence-corrected chi connectivity index (χ1v) is 6.21. The number of aromatic nitrogens is 2. The number of nitrogens with two attached hydrogens (primary N) is 1. The minimum absolute atomic E-state index is 0.107. The zero-order valence-electron chi connectivity index (χ0n) is 10.7. The van der Waals surface area contributed by atoms with E-state index in [-0.39, 0.29) is 6.04 Å². The Kier molecular flexibility index (Phi) is 3.03. The highest BCUT2D eigenvalue weighted by Crippen LogP contribution is 2.23. The van der Waals surface area contributed by atoms with Gasteiger partial charge in [0.15, 0.2) is 0 Å². The number of nitrogens with zero attached hydrogens (tertiary/aromatic N) is 2. The van der Waals surface area contributed by atoms with Crippen LogP contribution in [-0.4, -0.2) is 9.55 Å². The number of nitrogens with one attached hydrogen (secondary N) is 1. The zero-order valence-corrected chi connectivity index (χ0v) is 10.7. The zero-order chi connectivity index (χ0) is 13.2. The van der Waals surface area contributed by atoms with Crippen LogP contribution in [-0.2, 0) is 7.05 Å². The van der Waals surface area contributed by atoms with E-state index in [1.807, 2.05) is 29.9 Å². The van der Waals surface area contributed by atoms with Crippen molar-refractivity contribution in [2.24, 2.45) is 12.9 Å². The summed E-state index contributed by atoms with van der Waals surface area (Å²) >= 11 is 0. The minimum atomic E-state index is -0.107. The Hall–Kier alpha value is -2.17. The molecule has 1 heterocycles. The number of aryl methyl sites for hydroxylation is 1. The molecule has 96 valence electrons. The van der Waals surface area contributed by atoms with Crippen molar-refractivity contribution in [3.8, 4) is 0 Å². The second-order valence-corrected chi connectivity index (χ2v) is 4.60. The van der Waals surface area contributed by atoms with Gasteiger partial charge in [0.25, 0.3) is 0 Å². The number of hydrogen-bond donors (Lipinski definition) is 2. The molecule has 0 aliphatic rings. The third-order valence-electron chi connectivity index (χ3n) is 3.39. The van der Waals surface area contributed by atoms with Crippen molar-refractivity contribution in [3.05, 3.63) is 66.2 Å². The average Bonchev–Trinajstić information content (AvgIpc) is 2.86. The van der Waals surface area contributed by atoms with Crippen molar-refractivity contribution < 1.29 is 0 Å². The predicted octanol–water partition coefficient (Wildman–Crippen LogP) is 2.13. The van der Waals surface area contributed by atoms with E-state index in [1.54, 1.807) is 6.20 Å². The third-order valence-corrected chi connectivity index (χ3v) is 3.39. The first kappa shape index (κ1) is 11.9. The number of hydrazine groups is 1. The van der Waals surface area contributed by atoms with Crippen LogP contribution < -0.4 is 11.3 Å². The molecule has 3 rings (SSSR count). The predicted molar refractivity (Wildman–Crippen MR) is 76.3 cm³/mol. The van der Waals surface area contributed by atoms with E-state index in [0.29, 0.717) is 0 Å². The number of imidazole rings is 1. The molecule has 0 aliphatic carbocycles. The monoisotopic (exact) mass is 252 g/mol. The van der Waals surface area contributed by atoms with Gasteiger partial charge in [-0.1, -0.05) is 36.4 Å². The first-order valence-electron chi connectivity index (χ1n) is 6.21. The van der Waals surface area contributed by atoms with Gasteiger partial charge in [0.05, 0.1) is 0 Å². The number of rotatable bonds is 3. The fourth-order valence-electron chi connectivity index (χ4n) is 2.36. The molecule has 4 heteroatoms. The summed E-state index contributed by atoms with van der Waals surface area (Å²) in [5.74, 6) is 6.61. The normalized spacial score (nSPS) is 12.7. The molecule has 0 aliphatic heterocycles. The van der Waals surface area contributed by atoms with Crippen molar-refractivity contribution in [1.82, 2.24) is 15.0 Å². The lowest BCUT2D eigenvalue weighted by molar-refractivity contribution is 0.580. The van der Waals surface area contributed by atoms with Crippen molar-refractivity contribution in [2.75, 3.05) is 0 Å². The van der Waals surface area contributed by atoms with Crippen molar-refractivity contribution in [2.45, 2.75) is 6.04 Å². The molecule has 4 nitrogen and oxygen atoms in total. The Morgan fingerprint density at radius 2 is 1.95 bits per heavy atom. The first-order chi connectivity index (χ1) is 9.29. The van der Waals surface area contributed by atoms with Gasteiger partial charge in [-0.15, -0.1) is 0 Å². The molecular formula is C15H16N4. The van der Waals surface area contributed by atoms with Crippen LogP contribution in [0.15, 0.2) is 54.9 Å². The molecule has 1 unspecified atom stereocenters. The highest BCUT2D eigenvalue weighted by molar-refractivity contribution is 5.83. The van der Waals surface area contributed by atoms with Gasteiger partial charge in [-0.2, -0.15) is 0 Å². The highest BCUT2D eigenvalue weighted by Gasteiger charge is 2.16. The maximum Gasteiger partial charge on any atom is 0.131 e. The summed E-state index contributed by atoms with van der Waals surface area (Å²) in [6.07, 6.45) is 3.70. The van der Waals surface area contributed by atoms with Gasteiger partial charge in [0.1, 0.15) is 11.9 Å². The van der Waals surface area contributed by atoms with Gasteiger partial charge in [0, 0.05) is 19.4 Å². The topological polar surface area (TPSA) is 55.9 Å². The lowest BCUT2D eigenvalue weighted by Crippen LogP contribution is -2.30. The molecule has 0 bridgehead atoms. The molecule has 0 saturated heterocycles. The summed E-state index contributed by atoms with van der Waals surface area (Å²) < 4.78 is 1.97. The van der Waals surface area contributed by atoms with Crippen molar-refractivity contribution >= 4 is 10.8 Å². The SMILES string of the molecule is Cn1ccnc1C(NN)c1ccc2ccccc2c1. The van der Waals surface area contributed by atoms with Crippen molar-refractivity contribution in [3.63, 3.8) is 0 Å². The van der Waals surface area contributed by atoms with Gasteiger partial charge in [0.2, 0.25) is 0 Å². The van der Waals surface area contributed by atoms with Crippen LogP contribution in [0.25, 0.3) is 10.8 Å². The molecule has 1 aromatic heterocycles. The van der Waals surface area contributed by atoms with Crippen LogP contribution in [0.1, 0.15) is 17.4 Å². The van der Waals surface area contributed by atoms with Crippen LogP contribution in [0.3, 0.4) is 0 Å². The second-order valence-electron chi connectivity index (χ2n) is 4.60. The highest BCUT2D eigenvalue weighted by atomic mass is 15.3. The number of hydrogen-bond acceptors (Lipinski definition) is 3. The molecule has 0 spiro atoms. The van der Waals surface area contributed by atoms with Crippen LogP contribution in [0.4, 0.5) is 0 Å². The van der Waals surface area contributed by atoms with E-state index in [9.17, 15) is 0 Å². The molecule has 0 amide bonds. The van der Waals surface area contributed by atoms with E-state index in [2.05, 4.69) is 40.7 Å². The lowest BCUT2D eigenvalue weighted by atomic mass is 10.0. The molecule has 0 fully saturated rings. The Balaban J connectivity index is 2.09. The largest absolute Gasteiger partial charge is 0.336 e. The number of benzene rings is 2. The van der Waals surface area contributed by atoms with Gasteiger partial charge in [-0.3, -0.25) is 5.84 Å². The van der Waals surface area contributed by atoms with Gasteiger partial charge >= 0.3 is 0 Å². The van der Waals surface area contributed by atoms with Crippen LogP contribution in [0.2, 0.25) is 0 Å². The molecule has 19 heavy (non-hydrogen) atoms. The molecule has 1 atom stereocenters. The van der Waals surface area contributed by atoms with Gasteiger partial charge in [-0.25, -0.2) is 10.4 Å². The maximum absolute atomic E-state index is 5.71. The summed E-state index contributed by atoms with van der Waals surface area (Å²) in [6.45, 7) is 0. The Morgan fingerprint density at radius 1 is 1.16 bits per heavy atom. The van der Waals surface area contributed by atoms with Gasteiger partial charge in [-0.05, 0) is 22.4 Å². The Morgan fingerprint density at radius 3 is 2.63 bits per heavy atom. The molecule has 0 radical (unpaired) electrons. The molecule has 0 saturated carbocycles. The van der Waals surface area contributed by atoms with E-state index in [0.717, 1.165) is 11.4 Å². The minimum Gasteiger partial charge on any atom is -0.336 e. The maximum atomic E-state index is 5.71. The smallest absolute Gasteiger partial charge is 0.131 e. The number of fused-ring (bicyclic) bond motifs is 1. The van der Waals surface area contributed by atoms with Crippen molar-refractivity contribution in [1.29, 1.82) is 0 Å². The summed E-state index contributed by atoms with van der Waals surface area (Å²) in [5, 5.41) is 2.43. The van der Waals surface area contributed by atoms with Crippen LogP contribution >= 0.6 is 0 Å². The molecular weight excluding hydrogens is 236 g/mol. The Bertz CT molecular complexity index is 702. The fraction of sp³-hybridized carbons (Fsp3) is 0.133.